The predicted octanol–water partition coefficient (Wildman–Crippen LogP) is 2.21. The summed E-state index contributed by atoms with van der Waals surface area (Å²) in [6.07, 6.45) is 3.48. The highest BCUT2D eigenvalue weighted by Crippen LogP contribution is 2.33. The molecule has 1 aromatic carbocycles. The first-order valence-corrected chi connectivity index (χ1v) is 12.4. The van der Waals surface area contributed by atoms with Gasteiger partial charge in [-0.15, -0.1) is 0 Å². The molecule has 2 aromatic heterocycles. The second kappa shape index (κ2) is 11.1. The zero-order valence-corrected chi connectivity index (χ0v) is 20.3. The number of methoxy groups -OCH3 is 2. The van der Waals surface area contributed by atoms with E-state index in [4.69, 9.17) is 9.47 Å². The third-order valence-electron chi connectivity index (χ3n) is 5.04. The predicted molar refractivity (Wildman–Crippen MR) is 126 cm³/mol. The van der Waals surface area contributed by atoms with E-state index >= 15 is 0 Å². The van der Waals surface area contributed by atoms with Crippen LogP contribution in [0.25, 0.3) is 5.69 Å². The van der Waals surface area contributed by atoms with Gasteiger partial charge in [0.25, 0.3) is 5.56 Å². The average Bonchev–Trinajstić information content (AvgIpc) is 2.84. The van der Waals surface area contributed by atoms with Crippen molar-refractivity contribution in [1.82, 2.24) is 19.5 Å². The van der Waals surface area contributed by atoms with Crippen molar-refractivity contribution < 1.29 is 27.4 Å². The van der Waals surface area contributed by atoms with Gasteiger partial charge in [-0.1, -0.05) is 19.4 Å². The molecule has 0 amide bonds. The van der Waals surface area contributed by atoms with Crippen LogP contribution in [0.1, 0.15) is 31.4 Å². The molecule has 35 heavy (non-hydrogen) atoms. The topological polar surface area (TPSA) is 146 Å². The maximum atomic E-state index is 13.6. The highest BCUT2D eigenvalue weighted by Gasteiger charge is 2.25. The Balaban J connectivity index is 2.07. The number of benzene rings is 1. The lowest BCUT2D eigenvalue weighted by molar-refractivity contribution is 0.388. The Hall–Kier alpha value is -3.74. The van der Waals surface area contributed by atoms with Crippen molar-refractivity contribution in [2.24, 2.45) is 0 Å². The van der Waals surface area contributed by atoms with E-state index in [-0.39, 0.29) is 23.8 Å². The van der Waals surface area contributed by atoms with Gasteiger partial charge in [-0.25, -0.2) is 22.8 Å². The first-order chi connectivity index (χ1) is 16.7. The molecule has 0 saturated carbocycles. The number of ether oxygens (including phenoxy) is 2. The van der Waals surface area contributed by atoms with Gasteiger partial charge in [-0.05, 0) is 18.6 Å². The van der Waals surface area contributed by atoms with Crippen LogP contribution in [0.3, 0.4) is 0 Å². The maximum Gasteiger partial charge on any atom is 0.286 e. The van der Waals surface area contributed by atoms with Crippen LogP contribution >= 0.6 is 0 Å². The van der Waals surface area contributed by atoms with Gasteiger partial charge in [0.1, 0.15) is 28.8 Å². The number of aryl methyl sites for hydroxylation is 2. The molecular weight excluding hydrogens is 481 g/mol. The number of nitrogens with zero attached hydrogens (tertiary/aromatic N) is 4. The average molecular weight is 508 g/mol. The van der Waals surface area contributed by atoms with Gasteiger partial charge in [0.2, 0.25) is 15.9 Å². The molecule has 0 aliphatic heterocycles. The summed E-state index contributed by atoms with van der Waals surface area (Å²) >= 11 is 0. The Labute approximate surface area is 201 Å². The van der Waals surface area contributed by atoms with Gasteiger partial charge in [0, 0.05) is 12.8 Å². The van der Waals surface area contributed by atoms with Crippen molar-refractivity contribution in [1.29, 1.82) is 0 Å². The Morgan fingerprint density at radius 3 is 2.31 bits per heavy atom. The minimum atomic E-state index is -4.15. The number of aromatic hydroxyl groups is 1. The summed E-state index contributed by atoms with van der Waals surface area (Å²) in [4.78, 5) is 25.1. The molecular formula is C22H26FN5O6S. The van der Waals surface area contributed by atoms with E-state index < -0.39 is 38.7 Å². The van der Waals surface area contributed by atoms with Crippen LogP contribution < -0.4 is 19.8 Å². The zero-order valence-electron chi connectivity index (χ0n) is 19.5. The molecule has 0 radical (unpaired) electrons. The van der Waals surface area contributed by atoms with Gasteiger partial charge in [-0.3, -0.25) is 14.1 Å². The summed E-state index contributed by atoms with van der Waals surface area (Å²) in [7, 11) is -1.31. The standard InChI is InChI=1S/C22H26FN5O6S/c1-4-5-9-18-26-21(29)19(27-35(31,32)11-10-17-24-12-14(23)13-25-17)22(30)28(18)20-15(33-2)7-6-8-16(20)34-3/h6-8,12-13,27,29H,4-5,9-11H2,1-3H3. The van der Waals surface area contributed by atoms with E-state index in [0.29, 0.717) is 24.3 Å². The number of rotatable bonds is 11. The lowest BCUT2D eigenvalue weighted by Crippen LogP contribution is -2.30. The minimum absolute atomic E-state index is 0.102. The van der Waals surface area contributed by atoms with Crippen LogP contribution in [0.15, 0.2) is 35.4 Å². The Kier molecular flexibility index (Phi) is 8.22. The summed E-state index contributed by atoms with van der Waals surface area (Å²) < 4.78 is 52.5. The molecule has 0 spiro atoms. The largest absolute Gasteiger partial charge is 0.494 e. The Morgan fingerprint density at radius 1 is 1.11 bits per heavy atom. The summed E-state index contributed by atoms with van der Waals surface area (Å²) in [5.41, 5.74) is -1.26. The van der Waals surface area contributed by atoms with Gasteiger partial charge in [0.15, 0.2) is 11.5 Å². The highest BCUT2D eigenvalue weighted by molar-refractivity contribution is 7.92. The van der Waals surface area contributed by atoms with Gasteiger partial charge >= 0.3 is 0 Å². The quantitative estimate of drug-likeness (QED) is 0.399. The third kappa shape index (κ3) is 6.04. The molecule has 0 bridgehead atoms. The molecule has 0 unspecified atom stereocenters. The minimum Gasteiger partial charge on any atom is -0.494 e. The number of halogens is 1. The lowest BCUT2D eigenvalue weighted by Gasteiger charge is -2.19. The van der Waals surface area contributed by atoms with Crippen LogP contribution in [0.4, 0.5) is 10.1 Å². The van der Waals surface area contributed by atoms with Crippen molar-refractivity contribution in [3.63, 3.8) is 0 Å². The number of nitrogens with one attached hydrogen (secondary N) is 1. The number of anilines is 1. The molecule has 2 heterocycles. The van der Waals surface area contributed by atoms with Crippen LogP contribution in [-0.2, 0) is 22.9 Å². The molecule has 11 nitrogen and oxygen atoms in total. The normalized spacial score (nSPS) is 11.3. The SMILES string of the molecule is CCCCc1nc(O)c(NS(=O)(=O)CCc2ncc(F)cn2)c(=O)n1-c1c(OC)cccc1OC. The fourth-order valence-corrected chi connectivity index (χ4v) is 4.37. The van der Waals surface area contributed by atoms with E-state index in [1.807, 2.05) is 6.92 Å². The van der Waals surface area contributed by atoms with Crippen molar-refractivity contribution in [3.05, 3.63) is 58.4 Å². The fraction of sp³-hybridized carbons (Fsp3) is 0.364. The number of hydrogen-bond donors (Lipinski definition) is 2. The molecule has 188 valence electrons. The summed E-state index contributed by atoms with van der Waals surface area (Å²) in [5.74, 6) is -1.04. The molecule has 2 N–H and O–H groups in total. The summed E-state index contributed by atoms with van der Waals surface area (Å²) in [5, 5.41) is 10.5. The van der Waals surface area contributed by atoms with E-state index in [0.717, 1.165) is 18.8 Å². The van der Waals surface area contributed by atoms with Crippen molar-refractivity contribution in [2.75, 3.05) is 24.7 Å². The second-order valence-electron chi connectivity index (χ2n) is 7.47. The summed E-state index contributed by atoms with van der Waals surface area (Å²) in [6.45, 7) is 1.96. The Morgan fingerprint density at radius 2 is 1.74 bits per heavy atom. The molecule has 3 rings (SSSR count). The van der Waals surface area contributed by atoms with Crippen LogP contribution in [0.5, 0.6) is 17.4 Å². The first kappa shape index (κ1) is 25.9. The zero-order chi connectivity index (χ0) is 25.6. The van der Waals surface area contributed by atoms with Gasteiger partial charge < -0.3 is 14.6 Å². The smallest absolute Gasteiger partial charge is 0.286 e. The first-order valence-electron chi connectivity index (χ1n) is 10.7. The fourth-order valence-electron chi connectivity index (χ4n) is 3.33. The van der Waals surface area contributed by atoms with Crippen molar-refractivity contribution in [2.45, 2.75) is 32.6 Å². The third-order valence-corrected chi connectivity index (χ3v) is 6.30. The highest BCUT2D eigenvalue weighted by atomic mass is 32.2. The molecule has 13 heteroatoms. The molecule has 0 fully saturated rings. The van der Waals surface area contributed by atoms with Gasteiger partial charge in [0.05, 0.1) is 32.4 Å². The molecule has 3 aromatic rings. The monoisotopic (exact) mass is 507 g/mol. The van der Waals surface area contributed by atoms with Crippen molar-refractivity contribution in [3.8, 4) is 23.1 Å². The summed E-state index contributed by atoms with van der Waals surface area (Å²) in [6, 6.07) is 4.91. The van der Waals surface area contributed by atoms with E-state index in [1.165, 1.54) is 18.8 Å². The van der Waals surface area contributed by atoms with E-state index in [9.17, 15) is 22.7 Å². The van der Waals surface area contributed by atoms with E-state index in [2.05, 4.69) is 19.7 Å². The Bertz CT molecular complexity index is 1320. The van der Waals surface area contributed by atoms with Crippen LogP contribution in [0, 0.1) is 5.82 Å². The van der Waals surface area contributed by atoms with E-state index in [1.54, 1.807) is 18.2 Å². The molecule has 0 aliphatic rings. The second-order valence-corrected chi connectivity index (χ2v) is 9.31. The number of hydrogen-bond acceptors (Lipinski definition) is 9. The number of sulfonamides is 1. The molecule has 0 atom stereocenters. The lowest BCUT2D eigenvalue weighted by atomic mass is 10.2. The number of para-hydroxylation sites is 1. The van der Waals surface area contributed by atoms with Crippen LogP contribution in [-0.4, -0.2) is 53.0 Å². The molecule has 0 aliphatic carbocycles. The molecule has 0 saturated heterocycles. The van der Waals surface area contributed by atoms with Crippen molar-refractivity contribution >= 4 is 15.7 Å². The number of unbranched alkanes of at least 4 members (excludes halogenated alkanes) is 1. The number of aromatic nitrogens is 4. The van der Waals surface area contributed by atoms with Crippen LogP contribution in [0.2, 0.25) is 0 Å². The maximum absolute atomic E-state index is 13.6. The van der Waals surface area contributed by atoms with Gasteiger partial charge in [-0.2, -0.15) is 4.98 Å².